The smallest absolute Gasteiger partial charge is 0.267 e. The third-order valence-electron chi connectivity index (χ3n) is 1.99. The highest BCUT2D eigenvalue weighted by Crippen LogP contribution is 2.34. The highest BCUT2D eigenvalue weighted by molar-refractivity contribution is 6.19. The van der Waals surface area contributed by atoms with Crippen LogP contribution in [-0.2, 0) is 4.79 Å². The molecule has 0 saturated heterocycles. The van der Waals surface area contributed by atoms with E-state index in [2.05, 4.69) is 4.99 Å². The van der Waals surface area contributed by atoms with Crippen LogP contribution in [0.15, 0.2) is 40.9 Å². The fourth-order valence-corrected chi connectivity index (χ4v) is 1.28. The number of hydrogen-bond donors (Lipinski definition) is 0. The maximum Gasteiger partial charge on any atom is 0.402 e. The average Bonchev–Trinajstić information content (AvgIpc) is 2.15. The molecule has 1 radical (unpaired) electrons. The normalized spacial score (nSPS) is 21.1. The van der Waals surface area contributed by atoms with Crippen LogP contribution in [0.3, 0.4) is 0 Å². The number of halogens is 3. The molecule has 0 aromatic carbocycles. The number of amides is 1. The molecule has 1 aliphatic carbocycles. The van der Waals surface area contributed by atoms with Crippen molar-refractivity contribution in [1.29, 1.82) is 0 Å². The Morgan fingerprint density at radius 3 is 2.47 bits per heavy atom. The number of aliphatic imine (C=N–C) groups is 1. The van der Waals surface area contributed by atoms with Crippen molar-refractivity contribution < 1.29 is 18.0 Å². The van der Waals surface area contributed by atoms with Crippen LogP contribution in [0.1, 0.15) is 0 Å². The second-order valence-electron chi connectivity index (χ2n) is 3.05. The monoisotopic (exact) mass is 212 g/mol. The number of carbonyl (C=O) groups is 1. The molecule has 2 aliphatic rings. The molecular formula is C10H5F3NO. The summed E-state index contributed by atoms with van der Waals surface area (Å²) in [6.07, 6.45) is 1.18. The Bertz CT molecular complexity index is 426. The van der Waals surface area contributed by atoms with Crippen LogP contribution in [0.4, 0.5) is 13.2 Å². The van der Waals surface area contributed by atoms with Gasteiger partial charge in [-0.15, -0.1) is 0 Å². The van der Waals surface area contributed by atoms with Crippen molar-refractivity contribution >= 4 is 11.6 Å². The molecule has 2 nitrogen and oxygen atoms in total. The van der Waals surface area contributed by atoms with Gasteiger partial charge in [0.15, 0.2) is 0 Å². The predicted molar refractivity (Wildman–Crippen MR) is 48.1 cm³/mol. The molecule has 0 bridgehead atoms. The number of hydrogen-bond acceptors (Lipinski definition) is 1. The summed E-state index contributed by atoms with van der Waals surface area (Å²) in [7, 11) is 0. The number of allylic oxidation sites excluding steroid dienone is 5. The molecule has 0 saturated carbocycles. The summed E-state index contributed by atoms with van der Waals surface area (Å²) < 4.78 is 36.9. The van der Waals surface area contributed by atoms with Crippen LogP contribution in [0.2, 0.25) is 0 Å². The minimum atomic E-state index is -4.37. The van der Waals surface area contributed by atoms with E-state index in [1.807, 2.05) is 0 Å². The van der Waals surface area contributed by atoms with Crippen molar-refractivity contribution in [1.82, 2.24) is 0 Å². The van der Waals surface area contributed by atoms with Crippen LogP contribution in [0.5, 0.6) is 0 Å². The average molecular weight is 212 g/mol. The fraction of sp³-hybridized carbons (Fsp3) is 0.100. The number of carbonyl (C=O) groups excluding carboxylic acids is 1. The summed E-state index contributed by atoms with van der Waals surface area (Å²) in [5.41, 5.74) is 0.583. The molecule has 77 valence electrons. The molecule has 15 heavy (non-hydrogen) atoms. The third-order valence-corrected chi connectivity index (χ3v) is 1.99. The van der Waals surface area contributed by atoms with Gasteiger partial charge in [-0.25, -0.2) is 4.99 Å². The van der Waals surface area contributed by atoms with E-state index < -0.39 is 18.0 Å². The zero-order valence-electron chi connectivity index (χ0n) is 7.38. The summed E-state index contributed by atoms with van der Waals surface area (Å²) in [5, 5.41) is 0. The molecule has 0 fully saturated rings. The lowest BCUT2D eigenvalue weighted by molar-refractivity contribution is -0.113. The standard InChI is InChI=1S/C10H5F3NO/c11-10(12,13)7-2-3-8-6(5-7)1-4-9(15)14-8/h1-5H. The lowest BCUT2D eigenvalue weighted by Crippen LogP contribution is -2.21. The first-order valence-electron chi connectivity index (χ1n) is 4.12. The minimum absolute atomic E-state index is 0.274. The lowest BCUT2D eigenvalue weighted by Gasteiger charge is -2.18. The molecule has 1 heterocycles. The number of rotatable bonds is 0. The zero-order chi connectivity index (χ0) is 11.1. The molecule has 0 aromatic rings. The van der Waals surface area contributed by atoms with Gasteiger partial charge in [0.05, 0.1) is 5.71 Å². The van der Waals surface area contributed by atoms with Gasteiger partial charge >= 0.3 is 6.18 Å². The zero-order valence-corrected chi connectivity index (χ0v) is 7.38. The van der Waals surface area contributed by atoms with Crippen LogP contribution < -0.4 is 0 Å². The van der Waals surface area contributed by atoms with Crippen molar-refractivity contribution in [3.63, 3.8) is 0 Å². The van der Waals surface area contributed by atoms with Gasteiger partial charge in [0, 0.05) is 6.08 Å². The Labute approximate surface area is 83.5 Å². The summed E-state index contributed by atoms with van der Waals surface area (Å²) in [6.45, 7) is 0. The van der Waals surface area contributed by atoms with E-state index in [9.17, 15) is 18.0 Å². The van der Waals surface area contributed by atoms with E-state index in [0.29, 0.717) is 5.57 Å². The molecular weight excluding hydrogens is 207 g/mol. The van der Waals surface area contributed by atoms with Crippen LogP contribution in [-0.4, -0.2) is 17.8 Å². The SMILES string of the molecule is O=C1C=CC2=C[C](C(F)(F)F)C=CC2=N1. The Balaban J connectivity index is 2.33. The van der Waals surface area contributed by atoms with Crippen molar-refractivity contribution in [3.8, 4) is 0 Å². The van der Waals surface area contributed by atoms with E-state index in [1.165, 1.54) is 12.2 Å². The lowest BCUT2D eigenvalue weighted by atomic mass is 9.93. The third kappa shape index (κ3) is 1.91. The van der Waals surface area contributed by atoms with Gasteiger partial charge < -0.3 is 0 Å². The highest BCUT2D eigenvalue weighted by Gasteiger charge is 2.39. The molecule has 1 amide bonds. The summed E-state index contributed by atoms with van der Waals surface area (Å²) >= 11 is 0. The largest absolute Gasteiger partial charge is 0.402 e. The molecule has 0 atom stereocenters. The Kier molecular flexibility index (Phi) is 2.10. The van der Waals surface area contributed by atoms with Crippen molar-refractivity contribution in [2.24, 2.45) is 4.99 Å². The first kappa shape index (κ1) is 9.89. The molecule has 0 spiro atoms. The Morgan fingerprint density at radius 2 is 1.80 bits per heavy atom. The molecule has 2 rings (SSSR count). The van der Waals surface area contributed by atoms with E-state index in [0.717, 1.165) is 18.2 Å². The number of alkyl halides is 3. The first-order valence-corrected chi connectivity index (χ1v) is 4.12. The quantitative estimate of drug-likeness (QED) is 0.605. The second kappa shape index (κ2) is 3.18. The van der Waals surface area contributed by atoms with E-state index in [1.54, 1.807) is 0 Å². The van der Waals surface area contributed by atoms with Crippen LogP contribution >= 0.6 is 0 Å². The topological polar surface area (TPSA) is 29.4 Å². The molecule has 0 aromatic heterocycles. The maximum atomic E-state index is 12.3. The van der Waals surface area contributed by atoms with Crippen molar-refractivity contribution in [2.75, 3.05) is 0 Å². The van der Waals surface area contributed by atoms with Crippen molar-refractivity contribution in [3.05, 3.63) is 41.9 Å². The molecule has 0 N–H and O–H groups in total. The fourth-order valence-electron chi connectivity index (χ4n) is 1.28. The van der Waals surface area contributed by atoms with Gasteiger partial charge in [-0.05, 0) is 17.7 Å². The molecule has 1 aliphatic heterocycles. The number of fused-ring (bicyclic) bond motifs is 1. The van der Waals surface area contributed by atoms with Gasteiger partial charge in [-0.2, -0.15) is 13.2 Å². The second-order valence-corrected chi connectivity index (χ2v) is 3.05. The van der Waals surface area contributed by atoms with Gasteiger partial charge in [0.25, 0.3) is 5.91 Å². The van der Waals surface area contributed by atoms with Crippen molar-refractivity contribution in [2.45, 2.75) is 6.18 Å². The van der Waals surface area contributed by atoms with E-state index in [-0.39, 0.29) is 5.71 Å². The van der Waals surface area contributed by atoms with Crippen LogP contribution in [0, 0.1) is 5.92 Å². The first-order chi connectivity index (χ1) is 6.97. The van der Waals surface area contributed by atoms with Gasteiger partial charge in [0.1, 0.15) is 5.92 Å². The number of dihydropyridines is 1. The number of nitrogens with zero attached hydrogens (tertiary/aromatic N) is 1. The summed E-state index contributed by atoms with van der Waals surface area (Å²) in [6, 6.07) is 0. The highest BCUT2D eigenvalue weighted by atomic mass is 19.4. The van der Waals surface area contributed by atoms with Gasteiger partial charge in [0.2, 0.25) is 0 Å². The van der Waals surface area contributed by atoms with E-state index in [4.69, 9.17) is 0 Å². The van der Waals surface area contributed by atoms with Gasteiger partial charge in [-0.3, -0.25) is 4.79 Å². The maximum absolute atomic E-state index is 12.3. The van der Waals surface area contributed by atoms with Crippen LogP contribution in [0.25, 0.3) is 0 Å². The predicted octanol–water partition coefficient (Wildman–Crippen LogP) is 2.16. The van der Waals surface area contributed by atoms with E-state index >= 15 is 0 Å². The summed E-state index contributed by atoms with van der Waals surface area (Å²) in [4.78, 5) is 14.4. The minimum Gasteiger partial charge on any atom is -0.267 e. The summed E-state index contributed by atoms with van der Waals surface area (Å²) in [5.74, 6) is -1.20. The Hall–Kier alpha value is -1.65. The Morgan fingerprint density at radius 1 is 1.07 bits per heavy atom. The molecule has 0 unspecified atom stereocenters. The van der Waals surface area contributed by atoms with Gasteiger partial charge in [-0.1, -0.05) is 12.2 Å². The molecule has 5 heteroatoms.